The predicted molar refractivity (Wildman–Crippen MR) is 93.7 cm³/mol. The number of ether oxygens (including phenoxy) is 1. The van der Waals surface area contributed by atoms with Crippen molar-refractivity contribution < 1.29 is 14.3 Å². The summed E-state index contributed by atoms with van der Waals surface area (Å²) in [6.07, 6.45) is 4.94. The van der Waals surface area contributed by atoms with E-state index in [1.54, 1.807) is 6.92 Å². The number of nitrogens with zero attached hydrogens (tertiary/aromatic N) is 1. The topological polar surface area (TPSA) is 68.3 Å². The maximum absolute atomic E-state index is 11.9. The third-order valence-corrected chi connectivity index (χ3v) is 7.22. The zero-order valence-electron chi connectivity index (χ0n) is 12.7. The van der Waals surface area contributed by atoms with E-state index in [9.17, 15) is 9.59 Å². The first-order valence-corrected chi connectivity index (χ1v) is 10.4. The molecule has 2 rings (SSSR count). The highest BCUT2D eigenvalue weighted by molar-refractivity contribution is 8.77. The number of aryl methyl sites for hydroxylation is 1. The number of methoxy groups -OCH3 is 1. The number of hydrogen-bond donors (Lipinski definition) is 1. The zero-order chi connectivity index (χ0) is 15.9. The Morgan fingerprint density at radius 1 is 1.41 bits per heavy atom. The van der Waals surface area contributed by atoms with Gasteiger partial charge in [-0.2, -0.15) is 0 Å². The summed E-state index contributed by atoms with van der Waals surface area (Å²) in [6, 6.07) is 0. The Labute approximate surface area is 142 Å². The van der Waals surface area contributed by atoms with Gasteiger partial charge in [-0.25, -0.2) is 9.78 Å². The number of amides is 1. The highest BCUT2D eigenvalue weighted by Gasteiger charge is 2.18. The van der Waals surface area contributed by atoms with Gasteiger partial charge in [0.25, 0.3) is 0 Å². The fourth-order valence-corrected chi connectivity index (χ4v) is 5.98. The van der Waals surface area contributed by atoms with Crippen LogP contribution in [-0.2, 0) is 9.53 Å². The molecule has 1 N–H and O–H groups in total. The number of nitrogens with one attached hydrogen (secondary N) is 1. The van der Waals surface area contributed by atoms with Crippen LogP contribution < -0.4 is 5.32 Å². The first-order chi connectivity index (χ1) is 10.6. The summed E-state index contributed by atoms with van der Waals surface area (Å²) in [7, 11) is 5.25. The molecule has 8 heteroatoms. The quantitative estimate of drug-likeness (QED) is 0.452. The maximum Gasteiger partial charge on any atom is 0.357 e. The predicted octanol–water partition coefficient (Wildman–Crippen LogP) is 3.89. The molecular formula is C14H20N2O3S3. The lowest BCUT2D eigenvalue weighted by atomic mass is 10.1. The van der Waals surface area contributed by atoms with Crippen LogP contribution in [0.2, 0.25) is 0 Å². The van der Waals surface area contributed by atoms with Crippen molar-refractivity contribution in [3.8, 4) is 0 Å². The Morgan fingerprint density at radius 2 is 2.23 bits per heavy atom. The molecule has 0 spiro atoms. The lowest BCUT2D eigenvalue weighted by molar-refractivity contribution is -0.116. The number of anilines is 1. The number of rotatable bonds is 7. The minimum atomic E-state index is -0.471. The Hall–Kier alpha value is -0.730. The Bertz CT molecular complexity index is 527. The summed E-state index contributed by atoms with van der Waals surface area (Å²) in [5.41, 5.74) is 0.276. The second-order valence-electron chi connectivity index (χ2n) is 5.04. The molecule has 1 aromatic heterocycles. The molecule has 1 aliphatic rings. The number of carbonyl (C=O) groups is 2. The molecule has 1 amide bonds. The van der Waals surface area contributed by atoms with Gasteiger partial charge >= 0.3 is 5.97 Å². The smallest absolute Gasteiger partial charge is 0.357 e. The largest absolute Gasteiger partial charge is 0.464 e. The first kappa shape index (κ1) is 17.6. The molecule has 0 aliphatic carbocycles. The fraction of sp³-hybridized carbons (Fsp3) is 0.643. The van der Waals surface area contributed by atoms with Crippen molar-refractivity contribution in [2.45, 2.75) is 44.3 Å². The third-order valence-electron chi connectivity index (χ3n) is 3.33. The molecule has 1 atom stereocenters. The van der Waals surface area contributed by atoms with Crippen molar-refractivity contribution in [2.24, 2.45) is 0 Å². The van der Waals surface area contributed by atoms with Gasteiger partial charge < -0.3 is 10.1 Å². The molecule has 1 unspecified atom stereocenters. The molecule has 2 heterocycles. The van der Waals surface area contributed by atoms with Crippen molar-refractivity contribution in [2.75, 3.05) is 18.2 Å². The van der Waals surface area contributed by atoms with Gasteiger partial charge in [0.2, 0.25) is 5.91 Å². The number of esters is 1. The number of aromatic nitrogens is 1. The van der Waals surface area contributed by atoms with E-state index in [1.807, 2.05) is 21.6 Å². The average molecular weight is 361 g/mol. The number of carbonyl (C=O) groups excluding carboxylic acids is 2. The van der Waals surface area contributed by atoms with E-state index >= 15 is 0 Å². The number of thiazole rings is 1. The van der Waals surface area contributed by atoms with Crippen LogP contribution in [0.15, 0.2) is 0 Å². The lowest BCUT2D eigenvalue weighted by Crippen LogP contribution is -2.11. The van der Waals surface area contributed by atoms with Crippen molar-refractivity contribution in [1.82, 2.24) is 4.98 Å². The van der Waals surface area contributed by atoms with Crippen molar-refractivity contribution in [3.63, 3.8) is 0 Å². The fourth-order valence-electron chi connectivity index (χ4n) is 2.14. The standard InChI is InChI=1S/C14H20N2O3S3/c1-9-12(13(18)19-2)16-14(21-9)15-11(17)6-4-3-5-10-7-8-20-22-10/h10H,3-8H2,1-2H3,(H,15,16,17). The van der Waals surface area contributed by atoms with Crippen LogP contribution in [0.3, 0.4) is 0 Å². The molecule has 1 aromatic rings. The van der Waals surface area contributed by atoms with E-state index < -0.39 is 5.97 Å². The van der Waals surface area contributed by atoms with Gasteiger partial charge in [0, 0.05) is 22.3 Å². The van der Waals surface area contributed by atoms with Gasteiger partial charge in [0.1, 0.15) is 0 Å². The van der Waals surface area contributed by atoms with Crippen LogP contribution in [0.25, 0.3) is 0 Å². The molecule has 0 saturated carbocycles. The summed E-state index contributed by atoms with van der Waals surface area (Å²) in [4.78, 5) is 28.2. The summed E-state index contributed by atoms with van der Waals surface area (Å²) in [6.45, 7) is 1.79. The maximum atomic E-state index is 11.9. The van der Waals surface area contributed by atoms with E-state index in [-0.39, 0.29) is 11.6 Å². The van der Waals surface area contributed by atoms with Gasteiger partial charge in [0.15, 0.2) is 10.8 Å². The second kappa shape index (κ2) is 8.79. The summed E-state index contributed by atoms with van der Waals surface area (Å²) in [5.74, 6) is 0.738. The molecule has 122 valence electrons. The summed E-state index contributed by atoms with van der Waals surface area (Å²) < 4.78 is 4.65. The molecular weight excluding hydrogens is 340 g/mol. The normalized spacial score (nSPS) is 17.5. The lowest BCUT2D eigenvalue weighted by Gasteiger charge is -2.06. The molecule has 22 heavy (non-hydrogen) atoms. The van der Waals surface area contributed by atoms with Gasteiger partial charge in [-0.15, -0.1) is 11.3 Å². The SMILES string of the molecule is COC(=O)c1nc(NC(=O)CCCCC2CCSS2)sc1C. The summed E-state index contributed by atoms with van der Waals surface area (Å²) in [5, 5.41) is 3.99. The van der Waals surface area contributed by atoms with Crippen LogP contribution in [0.5, 0.6) is 0 Å². The molecule has 5 nitrogen and oxygen atoms in total. The van der Waals surface area contributed by atoms with E-state index in [0.717, 1.165) is 23.0 Å². The van der Waals surface area contributed by atoms with Crippen LogP contribution in [-0.4, -0.2) is 35.0 Å². The molecule has 1 saturated heterocycles. The first-order valence-electron chi connectivity index (χ1n) is 7.24. The average Bonchev–Trinajstić information content (AvgIpc) is 3.12. The monoisotopic (exact) mass is 360 g/mol. The molecule has 0 bridgehead atoms. The van der Waals surface area contributed by atoms with Crippen molar-refractivity contribution in [1.29, 1.82) is 0 Å². The molecule has 1 aliphatic heterocycles. The van der Waals surface area contributed by atoms with Crippen LogP contribution in [0.1, 0.15) is 47.5 Å². The van der Waals surface area contributed by atoms with Gasteiger partial charge in [-0.05, 0) is 26.2 Å². The van der Waals surface area contributed by atoms with E-state index in [2.05, 4.69) is 15.0 Å². The van der Waals surface area contributed by atoms with Crippen LogP contribution in [0.4, 0.5) is 5.13 Å². The Kier molecular flexibility index (Phi) is 7.04. The minimum absolute atomic E-state index is 0.0429. The molecule has 0 radical (unpaired) electrons. The van der Waals surface area contributed by atoms with Gasteiger partial charge in [0.05, 0.1) is 7.11 Å². The zero-order valence-corrected chi connectivity index (χ0v) is 15.2. The third kappa shape index (κ3) is 5.17. The van der Waals surface area contributed by atoms with E-state index in [0.29, 0.717) is 11.6 Å². The van der Waals surface area contributed by atoms with Crippen LogP contribution in [0, 0.1) is 6.92 Å². The number of unbranched alkanes of at least 4 members (excludes halogenated alkanes) is 1. The Morgan fingerprint density at radius 3 is 2.91 bits per heavy atom. The number of hydrogen-bond acceptors (Lipinski definition) is 7. The summed E-state index contributed by atoms with van der Waals surface area (Å²) >= 11 is 1.30. The highest BCUT2D eigenvalue weighted by Crippen LogP contribution is 2.39. The highest BCUT2D eigenvalue weighted by atomic mass is 33.1. The van der Waals surface area contributed by atoms with Gasteiger partial charge in [-0.1, -0.05) is 28.0 Å². The van der Waals surface area contributed by atoms with E-state index in [1.165, 1.54) is 37.0 Å². The van der Waals surface area contributed by atoms with Crippen LogP contribution >= 0.6 is 32.9 Å². The Balaban J connectivity index is 1.71. The van der Waals surface area contributed by atoms with Crippen molar-refractivity contribution in [3.05, 3.63) is 10.6 Å². The minimum Gasteiger partial charge on any atom is -0.464 e. The van der Waals surface area contributed by atoms with Gasteiger partial charge in [-0.3, -0.25) is 4.79 Å². The molecule has 1 fully saturated rings. The molecule has 0 aromatic carbocycles. The second-order valence-corrected chi connectivity index (χ2v) is 9.03. The van der Waals surface area contributed by atoms with Crippen molar-refractivity contribution >= 4 is 49.9 Å². The van der Waals surface area contributed by atoms with E-state index in [4.69, 9.17) is 0 Å².